The smallest absolute Gasteiger partial charge is 0.270 e. The molecule has 1 saturated heterocycles. The maximum Gasteiger partial charge on any atom is 0.272 e. The van der Waals surface area contributed by atoms with Crippen LogP contribution in [0, 0.1) is 6.92 Å². The van der Waals surface area contributed by atoms with Crippen LogP contribution in [0.2, 0.25) is 0 Å². The zero-order valence-corrected chi connectivity index (χ0v) is 14.1. The molecule has 0 bridgehead atoms. The number of hydrogen-bond acceptors (Lipinski definition) is 3. The summed E-state index contributed by atoms with van der Waals surface area (Å²) in [6.07, 6.45) is 3.45. The lowest BCUT2D eigenvalue weighted by atomic mass is 10.1. The maximum atomic E-state index is 12.5. The molecule has 0 saturated carbocycles. The minimum Gasteiger partial charge on any atom is -0.270 e. The minimum absolute atomic E-state index is 0.320. The molecule has 1 aliphatic heterocycles. The number of pyridine rings is 1. The fourth-order valence-corrected chi connectivity index (χ4v) is 4.24. The molecule has 0 spiro atoms. The first-order valence-electron chi connectivity index (χ1n) is 7.87. The highest BCUT2D eigenvalue weighted by molar-refractivity contribution is 7.89. The summed E-state index contributed by atoms with van der Waals surface area (Å²) in [4.78, 5) is 3.36. The van der Waals surface area contributed by atoms with Gasteiger partial charge in [-0.15, -0.1) is 0 Å². The molecule has 0 unspecified atom stereocenters. The highest BCUT2D eigenvalue weighted by Gasteiger charge is 2.27. The Morgan fingerprint density at radius 2 is 1.87 bits per heavy atom. The maximum absolute atomic E-state index is 12.5. The molecule has 1 aliphatic rings. The molecular formula is C17H22N3O2S+. The molecule has 2 N–H and O–H groups in total. The van der Waals surface area contributed by atoms with Gasteiger partial charge in [-0.2, -0.15) is 4.31 Å². The lowest BCUT2D eigenvalue weighted by Crippen LogP contribution is -2.29. The first kappa shape index (κ1) is 16.0. The zero-order chi connectivity index (χ0) is 16.3. The monoisotopic (exact) mass is 332 g/mol. The Hall–Kier alpha value is -1.92. The predicted molar refractivity (Wildman–Crippen MR) is 89.5 cm³/mol. The first-order chi connectivity index (χ1) is 11.1. The third-order valence-corrected chi connectivity index (χ3v) is 6.11. The Bertz CT molecular complexity index is 767. The van der Waals surface area contributed by atoms with Crippen molar-refractivity contribution in [3.8, 4) is 0 Å². The molecule has 0 atom stereocenters. The second-order valence-electron chi connectivity index (χ2n) is 5.83. The first-order valence-corrected chi connectivity index (χ1v) is 9.32. The third-order valence-electron chi connectivity index (χ3n) is 4.22. The van der Waals surface area contributed by atoms with Gasteiger partial charge in [0, 0.05) is 19.2 Å². The Morgan fingerprint density at radius 1 is 1.13 bits per heavy atom. The van der Waals surface area contributed by atoms with E-state index in [2.05, 4.69) is 29.4 Å². The van der Waals surface area contributed by atoms with Crippen molar-refractivity contribution in [3.05, 3.63) is 53.7 Å². The predicted octanol–water partition coefficient (Wildman–Crippen LogP) is 2.21. The van der Waals surface area contributed by atoms with E-state index in [-0.39, 0.29) is 0 Å². The standard InChI is InChI=1S/C17H21N3O2S/c1-14-6-2-3-7-15(14)12-18-17-9-8-16(13-19-17)23(21,22)20-10-4-5-11-20/h2-3,6-9,13H,4-5,10-12H2,1H3,(H,18,19)/p+1. The summed E-state index contributed by atoms with van der Waals surface area (Å²) in [6.45, 7) is 4.01. The number of sulfonamides is 1. The van der Waals surface area contributed by atoms with Gasteiger partial charge in [0.1, 0.15) is 17.6 Å². The second-order valence-corrected chi connectivity index (χ2v) is 7.77. The SMILES string of the molecule is Cc1ccccc1CNc1ccc(S(=O)(=O)N2CCCC2)c[nH+]1. The van der Waals surface area contributed by atoms with Gasteiger partial charge in [0.15, 0.2) is 0 Å². The van der Waals surface area contributed by atoms with Crippen LogP contribution in [-0.2, 0) is 16.6 Å². The van der Waals surface area contributed by atoms with Crippen LogP contribution < -0.4 is 10.3 Å². The summed E-state index contributed by atoms with van der Waals surface area (Å²) < 4.78 is 26.5. The number of rotatable bonds is 5. The van der Waals surface area contributed by atoms with Crippen LogP contribution in [0.25, 0.3) is 0 Å². The van der Waals surface area contributed by atoms with Crippen LogP contribution in [0.15, 0.2) is 47.5 Å². The topological polar surface area (TPSA) is 63.6 Å². The van der Waals surface area contributed by atoms with Crippen molar-refractivity contribution in [2.75, 3.05) is 18.4 Å². The molecule has 5 nitrogen and oxygen atoms in total. The fourth-order valence-electron chi connectivity index (χ4n) is 2.76. The van der Waals surface area contributed by atoms with E-state index < -0.39 is 10.0 Å². The van der Waals surface area contributed by atoms with Gasteiger partial charge in [-0.25, -0.2) is 13.4 Å². The van der Waals surface area contributed by atoms with E-state index in [1.807, 2.05) is 12.1 Å². The van der Waals surface area contributed by atoms with Crippen LogP contribution in [0.5, 0.6) is 0 Å². The zero-order valence-electron chi connectivity index (χ0n) is 13.2. The number of aromatic nitrogens is 1. The summed E-state index contributed by atoms with van der Waals surface area (Å²) >= 11 is 0. The number of aromatic amines is 1. The van der Waals surface area contributed by atoms with Gasteiger partial charge in [-0.1, -0.05) is 24.3 Å². The van der Waals surface area contributed by atoms with Crippen molar-refractivity contribution < 1.29 is 13.4 Å². The van der Waals surface area contributed by atoms with Gasteiger partial charge in [0.2, 0.25) is 10.0 Å². The quantitative estimate of drug-likeness (QED) is 0.913. The Kier molecular flexibility index (Phi) is 4.63. The summed E-state index contributed by atoms with van der Waals surface area (Å²) in [7, 11) is -3.35. The largest absolute Gasteiger partial charge is 0.272 e. The lowest BCUT2D eigenvalue weighted by Gasteiger charge is -2.14. The molecule has 0 radical (unpaired) electrons. The fraction of sp³-hybridized carbons (Fsp3) is 0.353. The summed E-state index contributed by atoms with van der Waals surface area (Å²) in [6, 6.07) is 11.6. The van der Waals surface area contributed by atoms with Crippen molar-refractivity contribution in [2.45, 2.75) is 31.2 Å². The molecule has 1 aromatic heterocycles. The Balaban J connectivity index is 1.69. The molecule has 0 aliphatic carbocycles. The minimum atomic E-state index is -3.35. The van der Waals surface area contributed by atoms with Gasteiger partial charge in [0.25, 0.3) is 5.82 Å². The van der Waals surface area contributed by atoms with E-state index in [1.165, 1.54) is 11.1 Å². The number of hydrogen-bond donors (Lipinski definition) is 1. The van der Waals surface area contributed by atoms with Crippen LogP contribution >= 0.6 is 0 Å². The second kappa shape index (κ2) is 6.68. The van der Waals surface area contributed by atoms with Crippen molar-refractivity contribution in [1.29, 1.82) is 0 Å². The van der Waals surface area contributed by atoms with E-state index >= 15 is 0 Å². The van der Waals surface area contributed by atoms with Gasteiger partial charge >= 0.3 is 0 Å². The van der Waals surface area contributed by atoms with Crippen molar-refractivity contribution >= 4 is 15.8 Å². The van der Waals surface area contributed by atoms with Gasteiger partial charge in [0.05, 0.1) is 0 Å². The molecule has 23 heavy (non-hydrogen) atoms. The number of nitrogens with zero attached hydrogens (tertiary/aromatic N) is 1. The number of anilines is 1. The molecule has 2 heterocycles. The molecule has 3 rings (SSSR count). The number of H-pyrrole nitrogens is 1. The van der Waals surface area contributed by atoms with E-state index in [0.29, 0.717) is 24.5 Å². The average Bonchev–Trinajstić information content (AvgIpc) is 3.10. The molecule has 1 aromatic carbocycles. The van der Waals surface area contributed by atoms with Crippen LogP contribution in [0.3, 0.4) is 0 Å². The van der Waals surface area contributed by atoms with Crippen molar-refractivity contribution in [1.82, 2.24) is 4.31 Å². The highest BCUT2D eigenvalue weighted by atomic mass is 32.2. The van der Waals surface area contributed by atoms with Crippen molar-refractivity contribution in [2.24, 2.45) is 0 Å². The van der Waals surface area contributed by atoms with Crippen LogP contribution in [-0.4, -0.2) is 25.8 Å². The van der Waals surface area contributed by atoms with E-state index in [9.17, 15) is 8.42 Å². The number of nitrogens with one attached hydrogen (secondary N) is 2. The number of aryl methyl sites for hydroxylation is 1. The highest BCUT2D eigenvalue weighted by Crippen LogP contribution is 2.20. The summed E-state index contributed by atoms with van der Waals surface area (Å²) in [5.74, 6) is 0.800. The lowest BCUT2D eigenvalue weighted by molar-refractivity contribution is -0.364. The Labute approximate surface area is 137 Å². The molecule has 6 heteroatoms. The molecular weight excluding hydrogens is 310 g/mol. The van der Waals surface area contributed by atoms with E-state index in [1.54, 1.807) is 22.6 Å². The van der Waals surface area contributed by atoms with Gasteiger partial charge in [-0.05, 0) is 37.0 Å². The summed E-state index contributed by atoms with van der Waals surface area (Å²) in [5, 5.41) is 3.29. The molecule has 2 aromatic rings. The van der Waals surface area contributed by atoms with Crippen molar-refractivity contribution in [3.63, 3.8) is 0 Å². The Morgan fingerprint density at radius 3 is 2.52 bits per heavy atom. The molecule has 0 amide bonds. The van der Waals surface area contributed by atoms with Gasteiger partial charge in [-0.3, -0.25) is 5.32 Å². The molecule has 1 fully saturated rings. The van der Waals surface area contributed by atoms with E-state index in [4.69, 9.17) is 0 Å². The van der Waals surface area contributed by atoms with Gasteiger partial charge < -0.3 is 0 Å². The third kappa shape index (κ3) is 3.54. The van der Waals surface area contributed by atoms with E-state index in [0.717, 1.165) is 18.7 Å². The van der Waals surface area contributed by atoms with Crippen LogP contribution in [0.4, 0.5) is 5.82 Å². The summed E-state index contributed by atoms with van der Waals surface area (Å²) in [5.41, 5.74) is 2.45. The average molecular weight is 332 g/mol. The molecule has 122 valence electrons. The normalized spacial score (nSPS) is 15.7. The number of benzene rings is 1. The van der Waals surface area contributed by atoms with Crippen LogP contribution in [0.1, 0.15) is 24.0 Å².